The number of hydrogen-bond donors (Lipinski definition) is 1. The first-order valence-electron chi connectivity index (χ1n) is 6.65. The molecule has 1 aromatic rings. The molecule has 1 nitrogen and oxygen atoms in total. The average Bonchev–Trinajstić information content (AvgIpc) is 2.39. The monoisotopic (exact) mass is 251 g/mol. The van der Waals surface area contributed by atoms with Gasteiger partial charge in [-0.2, -0.15) is 11.8 Å². The molecule has 17 heavy (non-hydrogen) atoms. The Morgan fingerprint density at radius 2 is 1.94 bits per heavy atom. The average molecular weight is 251 g/mol. The fraction of sp³-hybridized carbons (Fsp3) is 0.600. The molecule has 1 rings (SSSR count). The zero-order valence-corrected chi connectivity index (χ0v) is 11.9. The third-order valence-corrected chi connectivity index (χ3v) is 3.66. The van der Waals surface area contributed by atoms with E-state index in [9.17, 15) is 0 Å². The summed E-state index contributed by atoms with van der Waals surface area (Å²) in [6, 6.07) is 11.4. The zero-order valence-electron chi connectivity index (χ0n) is 11.1. The van der Waals surface area contributed by atoms with Gasteiger partial charge in [-0.05, 0) is 37.0 Å². The maximum atomic E-state index is 3.69. The van der Waals surface area contributed by atoms with Gasteiger partial charge < -0.3 is 5.32 Å². The molecule has 0 spiro atoms. The van der Waals surface area contributed by atoms with E-state index in [1.807, 2.05) is 11.8 Å². The molecule has 0 aliphatic heterocycles. The van der Waals surface area contributed by atoms with E-state index >= 15 is 0 Å². The Hall–Kier alpha value is -0.470. The molecular formula is C15H25NS. The number of hydrogen-bond acceptors (Lipinski definition) is 2. The summed E-state index contributed by atoms with van der Waals surface area (Å²) in [6.07, 6.45) is 7.26. The van der Waals surface area contributed by atoms with Crippen LogP contribution in [-0.4, -0.2) is 18.6 Å². The topological polar surface area (TPSA) is 12.0 Å². The van der Waals surface area contributed by atoms with E-state index in [0.717, 1.165) is 6.54 Å². The van der Waals surface area contributed by atoms with Crippen LogP contribution in [0.1, 0.15) is 44.2 Å². The van der Waals surface area contributed by atoms with E-state index < -0.39 is 0 Å². The highest BCUT2D eigenvalue weighted by atomic mass is 32.2. The number of thioether (sulfide) groups is 1. The van der Waals surface area contributed by atoms with Crippen LogP contribution < -0.4 is 5.32 Å². The van der Waals surface area contributed by atoms with Crippen molar-refractivity contribution < 1.29 is 0 Å². The van der Waals surface area contributed by atoms with Crippen LogP contribution in [0.5, 0.6) is 0 Å². The first-order valence-corrected chi connectivity index (χ1v) is 8.05. The molecule has 0 fully saturated rings. The summed E-state index contributed by atoms with van der Waals surface area (Å²) in [5.74, 6) is 1.25. The van der Waals surface area contributed by atoms with Gasteiger partial charge in [-0.1, -0.05) is 50.1 Å². The third kappa shape index (κ3) is 6.13. The zero-order chi connectivity index (χ0) is 12.3. The first kappa shape index (κ1) is 14.6. The van der Waals surface area contributed by atoms with Crippen LogP contribution in [0.3, 0.4) is 0 Å². The molecule has 2 heteroatoms. The number of rotatable bonds is 9. The standard InChI is InChI=1S/C15H25NS/c1-3-4-11-15(16-12-8-13-17-2)14-9-6-5-7-10-14/h5-7,9-10,15-16H,3-4,8,11-13H2,1-2H3. The molecule has 1 N–H and O–H groups in total. The summed E-state index contributed by atoms with van der Waals surface area (Å²) in [5.41, 5.74) is 1.44. The van der Waals surface area contributed by atoms with Gasteiger partial charge in [-0.25, -0.2) is 0 Å². The summed E-state index contributed by atoms with van der Waals surface area (Å²) in [6.45, 7) is 3.39. The summed E-state index contributed by atoms with van der Waals surface area (Å²) in [5, 5.41) is 3.69. The van der Waals surface area contributed by atoms with Crippen molar-refractivity contribution in [1.82, 2.24) is 5.32 Å². The van der Waals surface area contributed by atoms with E-state index in [2.05, 4.69) is 48.8 Å². The van der Waals surface area contributed by atoms with Crippen molar-refractivity contribution >= 4 is 11.8 Å². The smallest absolute Gasteiger partial charge is 0.0320 e. The predicted molar refractivity (Wildman–Crippen MR) is 79.7 cm³/mol. The SMILES string of the molecule is CCCCC(NCCCSC)c1ccccc1. The summed E-state index contributed by atoms with van der Waals surface area (Å²) < 4.78 is 0. The second-order valence-corrected chi connectivity index (χ2v) is 5.39. The quantitative estimate of drug-likeness (QED) is 0.658. The molecular weight excluding hydrogens is 226 g/mol. The van der Waals surface area contributed by atoms with E-state index in [4.69, 9.17) is 0 Å². The minimum absolute atomic E-state index is 0.540. The van der Waals surface area contributed by atoms with Crippen molar-refractivity contribution in [2.45, 2.75) is 38.6 Å². The molecule has 0 radical (unpaired) electrons. The van der Waals surface area contributed by atoms with Crippen LogP contribution in [0.4, 0.5) is 0 Å². The van der Waals surface area contributed by atoms with E-state index in [1.165, 1.54) is 37.0 Å². The van der Waals surface area contributed by atoms with Gasteiger partial charge in [0, 0.05) is 6.04 Å². The second-order valence-electron chi connectivity index (χ2n) is 4.41. The largest absolute Gasteiger partial charge is 0.310 e. The predicted octanol–water partition coefficient (Wildman–Crippen LogP) is 4.26. The van der Waals surface area contributed by atoms with Gasteiger partial charge in [0.2, 0.25) is 0 Å². The summed E-state index contributed by atoms with van der Waals surface area (Å²) in [7, 11) is 0. The Balaban J connectivity index is 2.43. The van der Waals surface area contributed by atoms with Gasteiger partial charge in [0.15, 0.2) is 0 Å². The van der Waals surface area contributed by atoms with Crippen molar-refractivity contribution in [3.8, 4) is 0 Å². The van der Waals surface area contributed by atoms with Gasteiger partial charge in [0.05, 0.1) is 0 Å². The highest BCUT2D eigenvalue weighted by Gasteiger charge is 2.08. The van der Waals surface area contributed by atoms with Crippen LogP contribution in [0, 0.1) is 0 Å². The molecule has 0 aliphatic carbocycles. The highest BCUT2D eigenvalue weighted by molar-refractivity contribution is 7.98. The molecule has 0 saturated heterocycles. The molecule has 0 aliphatic rings. The van der Waals surface area contributed by atoms with Crippen LogP contribution >= 0.6 is 11.8 Å². The first-order chi connectivity index (χ1) is 8.38. The van der Waals surface area contributed by atoms with Gasteiger partial charge in [-0.3, -0.25) is 0 Å². The van der Waals surface area contributed by atoms with E-state index in [0.29, 0.717) is 6.04 Å². The molecule has 1 unspecified atom stereocenters. The molecule has 0 amide bonds. The summed E-state index contributed by atoms with van der Waals surface area (Å²) in [4.78, 5) is 0. The molecule has 0 bridgehead atoms. The highest BCUT2D eigenvalue weighted by Crippen LogP contribution is 2.19. The Kier molecular flexibility index (Phi) is 8.20. The normalized spacial score (nSPS) is 12.6. The van der Waals surface area contributed by atoms with Crippen molar-refractivity contribution in [3.05, 3.63) is 35.9 Å². The fourth-order valence-corrected chi connectivity index (χ4v) is 2.41. The van der Waals surface area contributed by atoms with Gasteiger partial charge in [0.25, 0.3) is 0 Å². The number of nitrogens with one attached hydrogen (secondary N) is 1. The lowest BCUT2D eigenvalue weighted by molar-refractivity contribution is 0.482. The third-order valence-electron chi connectivity index (χ3n) is 2.96. The van der Waals surface area contributed by atoms with Gasteiger partial charge in [-0.15, -0.1) is 0 Å². The lowest BCUT2D eigenvalue weighted by atomic mass is 10.0. The Morgan fingerprint density at radius 1 is 1.18 bits per heavy atom. The minimum Gasteiger partial charge on any atom is -0.310 e. The maximum Gasteiger partial charge on any atom is 0.0320 e. The van der Waals surface area contributed by atoms with Crippen LogP contribution in [-0.2, 0) is 0 Å². The van der Waals surface area contributed by atoms with Gasteiger partial charge in [0.1, 0.15) is 0 Å². The van der Waals surface area contributed by atoms with Crippen molar-refractivity contribution in [3.63, 3.8) is 0 Å². The molecule has 0 heterocycles. The second kappa shape index (κ2) is 9.55. The van der Waals surface area contributed by atoms with Crippen LogP contribution in [0.15, 0.2) is 30.3 Å². The van der Waals surface area contributed by atoms with Crippen molar-refractivity contribution in [1.29, 1.82) is 0 Å². The molecule has 96 valence electrons. The molecule has 0 saturated carbocycles. The maximum absolute atomic E-state index is 3.69. The molecule has 1 aromatic carbocycles. The number of unbranched alkanes of at least 4 members (excludes halogenated alkanes) is 1. The van der Waals surface area contributed by atoms with Crippen LogP contribution in [0.2, 0.25) is 0 Å². The lowest BCUT2D eigenvalue weighted by Gasteiger charge is -2.19. The summed E-state index contributed by atoms with van der Waals surface area (Å²) >= 11 is 1.93. The lowest BCUT2D eigenvalue weighted by Crippen LogP contribution is -2.22. The van der Waals surface area contributed by atoms with E-state index in [-0.39, 0.29) is 0 Å². The van der Waals surface area contributed by atoms with Crippen LogP contribution in [0.25, 0.3) is 0 Å². The Bertz CT molecular complexity index is 274. The van der Waals surface area contributed by atoms with E-state index in [1.54, 1.807) is 0 Å². The minimum atomic E-state index is 0.540. The Morgan fingerprint density at radius 3 is 2.59 bits per heavy atom. The molecule has 0 aromatic heterocycles. The fourth-order valence-electron chi connectivity index (χ4n) is 1.97. The van der Waals surface area contributed by atoms with Crippen molar-refractivity contribution in [2.75, 3.05) is 18.6 Å². The number of benzene rings is 1. The van der Waals surface area contributed by atoms with Crippen molar-refractivity contribution in [2.24, 2.45) is 0 Å². The van der Waals surface area contributed by atoms with Gasteiger partial charge >= 0.3 is 0 Å². The molecule has 1 atom stereocenters. The Labute approximate surface area is 110 Å².